The zero-order chi connectivity index (χ0) is 12.7. The molecule has 3 rings (SSSR count). The smallest absolute Gasteiger partial charge is 0.112 e. The van der Waals surface area contributed by atoms with Gasteiger partial charge in [-0.15, -0.1) is 11.3 Å². The molecule has 0 saturated heterocycles. The Morgan fingerprint density at radius 3 is 2.94 bits per heavy atom. The first-order valence-electron chi connectivity index (χ1n) is 6.20. The number of benzene rings is 1. The minimum atomic E-state index is 0.876. The molecule has 1 aliphatic heterocycles. The maximum atomic E-state index is 6.09. The van der Waals surface area contributed by atoms with Crippen molar-refractivity contribution >= 4 is 22.7 Å². The number of anilines is 2. The summed E-state index contributed by atoms with van der Waals surface area (Å²) in [4.78, 5) is 8.27. The largest absolute Gasteiger partial charge is 0.397 e. The molecule has 0 saturated carbocycles. The van der Waals surface area contributed by atoms with E-state index in [1.165, 1.54) is 21.1 Å². The van der Waals surface area contributed by atoms with Crippen molar-refractivity contribution in [1.82, 2.24) is 4.98 Å². The number of rotatable bonds is 2. The minimum Gasteiger partial charge on any atom is -0.397 e. The van der Waals surface area contributed by atoms with Gasteiger partial charge in [0.25, 0.3) is 0 Å². The molecular formula is C14H17N3S. The lowest BCUT2D eigenvalue weighted by Crippen LogP contribution is -2.20. The Balaban J connectivity index is 1.89. The van der Waals surface area contributed by atoms with Crippen molar-refractivity contribution < 1.29 is 0 Å². The quantitative estimate of drug-likeness (QED) is 0.843. The van der Waals surface area contributed by atoms with E-state index in [4.69, 9.17) is 5.73 Å². The molecule has 94 valence electrons. The lowest BCUT2D eigenvalue weighted by molar-refractivity contribution is 0.828. The number of hydrogen-bond donors (Lipinski definition) is 1. The summed E-state index contributed by atoms with van der Waals surface area (Å²) in [5.41, 5.74) is 10.7. The van der Waals surface area contributed by atoms with Crippen LogP contribution < -0.4 is 10.6 Å². The van der Waals surface area contributed by atoms with E-state index in [1.807, 2.05) is 12.1 Å². The fraction of sp³-hybridized carbons (Fsp3) is 0.357. The lowest BCUT2D eigenvalue weighted by atomic mass is 10.1. The molecule has 2 aromatic rings. The Hall–Kier alpha value is -1.55. The molecule has 0 fully saturated rings. The third kappa shape index (κ3) is 1.86. The summed E-state index contributed by atoms with van der Waals surface area (Å²) in [6.45, 7) is 6.12. The number of para-hydroxylation sites is 1. The van der Waals surface area contributed by atoms with Gasteiger partial charge in [0.15, 0.2) is 0 Å². The second-order valence-electron chi connectivity index (χ2n) is 4.78. The highest BCUT2D eigenvalue weighted by Crippen LogP contribution is 2.35. The number of nitrogen functional groups attached to an aromatic ring is 1. The van der Waals surface area contributed by atoms with Gasteiger partial charge in [0.05, 0.1) is 23.6 Å². The highest BCUT2D eigenvalue weighted by Gasteiger charge is 2.22. The molecule has 2 heterocycles. The summed E-state index contributed by atoms with van der Waals surface area (Å²) in [5, 5.41) is 1.18. The van der Waals surface area contributed by atoms with Gasteiger partial charge in [0.1, 0.15) is 5.01 Å². The number of nitrogens with two attached hydrogens (primary N) is 1. The highest BCUT2D eigenvalue weighted by molar-refractivity contribution is 7.11. The van der Waals surface area contributed by atoms with Gasteiger partial charge >= 0.3 is 0 Å². The molecule has 0 bridgehead atoms. The van der Waals surface area contributed by atoms with Gasteiger partial charge in [-0.25, -0.2) is 4.98 Å². The first-order valence-corrected chi connectivity index (χ1v) is 7.02. The lowest BCUT2D eigenvalue weighted by Gasteiger charge is -2.19. The molecule has 2 N–H and O–H groups in total. The number of aryl methyl sites for hydroxylation is 2. The van der Waals surface area contributed by atoms with Crippen LogP contribution in [0.4, 0.5) is 11.4 Å². The van der Waals surface area contributed by atoms with Crippen LogP contribution in [-0.4, -0.2) is 11.5 Å². The van der Waals surface area contributed by atoms with Crippen LogP contribution in [0.2, 0.25) is 0 Å². The maximum Gasteiger partial charge on any atom is 0.112 e. The van der Waals surface area contributed by atoms with Gasteiger partial charge in [-0.2, -0.15) is 0 Å². The summed E-state index contributed by atoms with van der Waals surface area (Å²) in [6.07, 6.45) is 1.09. The van der Waals surface area contributed by atoms with Crippen molar-refractivity contribution in [3.63, 3.8) is 0 Å². The number of nitrogens with zero attached hydrogens (tertiary/aromatic N) is 2. The molecule has 1 aromatic carbocycles. The van der Waals surface area contributed by atoms with Crippen LogP contribution in [0.3, 0.4) is 0 Å². The van der Waals surface area contributed by atoms with Crippen molar-refractivity contribution in [2.24, 2.45) is 0 Å². The van der Waals surface area contributed by atoms with E-state index in [1.54, 1.807) is 11.3 Å². The third-order valence-corrected chi connectivity index (χ3v) is 4.57. The fourth-order valence-corrected chi connectivity index (χ4v) is 3.44. The first kappa shape index (κ1) is 11.5. The predicted octanol–water partition coefficient (Wildman–Crippen LogP) is 2.90. The molecule has 0 spiro atoms. The van der Waals surface area contributed by atoms with Crippen LogP contribution in [0.5, 0.6) is 0 Å². The maximum absolute atomic E-state index is 6.09. The van der Waals surface area contributed by atoms with E-state index in [-0.39, 0.29) is 0 Å². The van der Waals surface area contributed by atoms with Crippen LogP contribution >= 0.6 is 11.3 Å². The Labute approximate surface area is 111 Å². The van der Waals surface area contributed by atoms with Crippen molar-refractivity contribution in [2.45, 2.75) is 26.8 Å². The van der Waals surface area contributed by atoms with Crippen molar-refractivity contribution in [2.75, 3.05) is 17.2 Å². The fourth-order valence-electron chi connectivity index (χ4n) is 2.49. The number of fused-ring (bicyclic) bond motifs is 1. The molecule has 3 nitrogen and oxygen atoms in total. The Morgan fingerprint density at radius 2 is 2.22 bits per heavy atom. The van der Waals surface area contributed by atoms with Crippen molar-refractivity contribution in [3.8, 4) is 0 Å². The molecule has 0 unspecified atom stereocenters. The Bertz CT molecular complexity index is 569. The Kier molecular flexibility index (Phi) is 2.74. The molecule has 0 amide bonds. The summed E-state index contributed by atoms with van der Waals surface area (Å²) < 4.78 is 0. The van der Waals surface area contributed by atoms with E-state index in [2.05, 4.69) is 29.8 Å². The predicted molar refractivity (Wildman–Crippen MR) is 77.2 cm³/mol. The summed E-state index contributed by atoms with van der Waals surface area (Å²) in [6, 6.07) is 6.19. The number of hydrogen-bond acceptors (Lipinski definition) is 4. The first-order chi connectivity index (χ1) is 8.65. The van der Waals surface area contributed by atoms with E-state index in [0.717, 1.165) is 30.9 Å². The van der Waals surface area contributed by atoms with E-state index in [9.17, 15) is 0 Å². The number of aromatic nitrogens is 1. The average Bonchev–Trinajstić information content (AvgIpc) is 2.86. The van der Waals surface area contributed by atoms with Gasteiger partial charge in [-0.1, -0.05) is 12.1 Å². The molecule has 4 heteroatoms. The standard InChI is InChI=1S/C14H17N3S/c1-9-10(2)18-13(16-9)8-17-7-6-11-4-3-5-12(15)14(11)17/h3-5H,6-8,15H2,1-2H3. The zero-order valence-corrected chi connectivity index (χ0v) is 11.5. The van der Waals surface area contributed by atoms with Gasteiger partial charge in [0, 0.05) is 11.4 Å². The molecule has 0 radical (unpaired) electrons. The van der Waals surface area contributed by atoms with E-state index in [0.29, 0.717) is 0 Å². The van der Waals surface area contributed by atoms with Gasteiger partial charge in [0.2, 0.25) is 0 Å². The molecule has 18 heavy (non-hydrogen) atoms. The zero-order valence-electron chi connectivity index (χ0n) is 10.7. The van der Waals surface area contributed by atoms with Crippen LogP contribution in [0, 0.1) is 13.8 Å². The SMILES string of the molecule is Cc1nc(CN2CCc3cccc(N)c32)sc1C. The second kappa shape index (κ2) is 4.28. The van der Waals surface area contributed by atoms with Gasteiger partial charge < -0.3 is 10.6 Å². The summed E-state index contributed by atoms with van der Waals surface area (Å²) >= 11 is 1.79. The van der Waals surface area contributed by atoms with Crippen LogP contribution in [-0.2, 0) is 13.0 Å². The molecule has 1 aliphatic rings. The van der Waals surface area contributed by atoms with Crippen LogP contribution in [0.1, 0.15) is 21.1 Å². The minimum absolute atomic E-state index is 0.876. The Morgan fingerprint density at radius 1 is 1.39 bits per heavy atom. The topological polar surface area (TPSA) is 42.2 Å². The van der Waals surface area contributed by atoms with Crippen LogP contribution in [0.15, 0.2) is 18.2 Å². The number of thiazole rings is 1. The summed E-state index contributed by atoms with van der Waals surface area (Å²) in [5.74, 6) is 0. The van der Waals surface area contributed by atoms with Gasteiger partial charge in [-0.05, 0) is 31.9 Å². The second-order valence-corrected chi connectivity index (χ2v) is 6.06. The molecular weight excluding hydrogens is 242 g/mol. The van der Waals surface area contributed by atoms with E-state index < -0.39 is 0 Å². The molecule has 1 aromatic heterocycles. The van der Waals surface area contributed by atoms with Crippen LogP contribution in [0.25, 0.3) is 0 Å². The average molecular weight is 259 g/mol. The third-order valence-electron chi connectivity index (χ3n) is 3.52. The van der Waals surface area contributed by atoms with Crippen molar-refractivity contribution in [1.29, 1.82) is 0 Å². The van der Waals surface area contributed by atoms with Crippen molar-refractivity contribution in [3.05, 3.63) is 39.3 Å². The summed E-state index contributed by atoms with van der Waals surface area (Å²) in [7, 11) is 0. The van der Waals surface area contributed by atoms with E-state index >= 15 is 0 Å². The molecule has 0 atom stereocenters. The highest BCUT2D eigenvalue weighted by atomic mass is 32.1. The normalized spacial score (nSPS) is 14.0. The van der Waals surface area contributed by atoms with Gasteiger partial charge in [-0.3, -0.25) is 0 Å². The monoisotopic (exact) mass is 259 g/mol. The molecule has 0 aliphatic carbocycles.